The van der Waals surface area contributed by atoms with Crippen molar-refractivity contribution >= 4 is 65.7 Å². The van der Waals surface area contributed by atoms with Crippen LogP contribution in [0, 0.1) is 0 Å². The summed E-state index contributed by atoms with van der Waals surface area (Å²) in [4.78, 5) is 20.4. The van der Waals surface area contributed by atoms with Crippen LogP contribution >= 0.6 is 0 Å². The molecule has 0 aliphatic carbocycles. The largest absolute Gasteiger partial charge is 0.456 e. The number of nitrogens with zero attached hydrogens (tertiary/aromatic N) is 4. The Morgan fingerprint density at radius 1 is 0.333 bits per heavy atom. The first-order chi connectivity index (χ1) is 28.2. The van der Waals surface area contributed by atoms with Gasteiger partial charge in [-0.15, -0.1) is 0 Å². The van der Waals surface area contributed by atoms with Crippen molar-refractivity contribution in [3.8, 4) is 56.7 Å². The predicted octanol–water partition coefficient (Wildman–Crippen LogP) is 13.3. The average Bonchev–Trinajstić information content (AvgIpc) is 4.00. The minimum Gasteiger partial charge on any atom is -0.456 e. The second-order valence-corrected chi connectivity index (χ2v) is 14.2. The lowest BCUT2D eigenvalue weighted by molar-refractivity contribution is 0.622. The fraction of sp³-hybridized carbons (Fsp3) is 0. The number of fused-ring (bicyclic) bond motifs is 10. The number of aromatic nitrogens is 4. The van der Waals surface area contributed by atoms with Gasteiger partial charge in [0.15, 0.2) is 23.1 Å². The fourth-order valence-electron chi connectivity index (χ4n) is 8.05. The molecule has 0 N–H and O–H groups in total. The van der Waals surface area contributed by atoms with Crippen LogP contribution in [0.2, 0.25) is 0 Å². The van der Waals surface area contributed by atoms with Crippen LogP contribution in [-0.4, -0.2) is 19.9 Å². The summed E-state index contributed by atoms with van der Waals surface area (Å²) in [5.41, 5.74) is 10.1. The van der Waals surface area contributed by atoms with Crippen molar-refractivity contribution in [1.82, 2.24) is 19.9 Å². The highest BCUT2D eigenvalue weighted by Crippen LogP contribution is 2.42. The Balaban J connectivity index is 1.09. The molecule has 4 aromatic heterocycles. The van der Waals surface area contributed by atoms with E-state index in [1.54, 1.807) is 0 Å². The molecule has 7 nitrogen and oxygen atoms in total. The molecule has 12 rings (SSSR count). The van der Waals surface area contributed by atoms with Crippen LogP contribution < -0.4 is 0 Å². The van der Waals surface area contributed by atoms with Gasteiger partial charge in [-0.25, -0.2) is 19.9 Å². The van der Waals surface area contributed by atoms with Crippen molar-refractivity contribution < 1.29 is 13.3 Å². The zero-order valence-electron chi connectivity index (χ0n) is 30.2. The normalized spacial score (nSPS) is 11.9. The van der Waals surface area contributed by atoms with E-state index in [0.717, 1.165) is 93.5 Å². The van der Waals surface area contributed by atoms with Crippen molar-refractivity contribution in [2.24, 2.45) is 0 Å². The SMILES string of the molecule is c1ccc(-c2cccc(-c3nc(-c4ccc5ccc6oc7ccc8nc(-c9ccccc9)oc8c7c6c5c4)nc(-c4cccc5c4oc4ccccc45)n3)c2)cc1. The first kappa shape index (κ1) is 31.5. The van der Waals surface area contributed by atoms with Gasteiger partial charge < -0.3 is 13.3 Å². The lowest BCUT2D eigenvalue weighted by atomic mass is 10.0. The van der Waals surface area contributed by atoms with Crippen LogP contribution in [0.1, 0.15) is 0 Å². The maximum atomic E-state index is 6.51. The van der Waals surface area contributed by atoms with Gasteiger partial charge in [0.1, 0.15) is 27.8 Å². The molecule has 0 aliphatic rings. The zero-order valence-corrected chi connectivity index (χ0v) is 30.2. The Hall–Kier alpha value is -7.90. The van der Waals surface area contributed by atoms with E-state index in [1.165, 1.54) is 0 Å². The molecule has 0 saturated heterocycles. The fourth-order valence-corrected chi connectivity index (χ4v) is 8.05. The molecule has 0 unspecified atom stereocenters. The van der Waals surface area contributed by atoms with Gasteiger partial charge in [-0.2, -0.15) is 0 Å². The molecule has 0 amide bonds. The predicted molar refractivity (Wildman–Crippen MR) is 227 cm³/mol. The number of rotatable bonds is 5. The van der Waals surface area contributed by atoms with Crippen LogP contribution in [0.3, 0.4) is 0 Å². The third-order valence-corrected chi connectivity index (χ3v) is 10.8. The van der Waals surface area contributed by atoms with Gasteiger partial charge in [0.05, 0.1) is 10.9 Å². The molecule has 0 spiro atoms. The molecule has 266 valence electrons. The van der Waals surface area contributed by atoms with Gasteiger partial charge in [0.25, 0.3) is 0 Å². The maximum Gasteiger partial charge on any atom is 0.227 e. The van der Waals surface area contributed by atoms with Gasteiger partial charge >= 0.3 is 0 Å². The van der Waals surface area contributed by atoms with E-state index in [1.807, 2.05) is 109 Å². The third kappa shape index (κ3) is 5.06. The van der Waals surface area contributed by atoms with Crippen molar-refractivity contribution in [3.05, 3.63) is 170 Å². The van der Waals surface area contributed by atoms with Crippen LogP contribution in [0.4, 0.5) is 0 Å². The lowest BCUT2D eigenvalue weighted by Gasteiger charge is -2.11. The molecule has 0 fully saturated rings. The summed E-state index contributed by atoms with van der Waals surface area (Å²) in [6, 6.07) is 57.2. The van der Waals surface area contributed by atoms with Crippen molar-refractivity contribution in [2.45, 2.75) is 0 Å². The molecule has 12 aromatic rings. The number of para-hydroxylation sites is 2. The second-order valence-electron chi connectivity index (χ2n) is 14.2. The summed E-state index contributed by atoms with van der Waals surface area (Å²) in [5, 5.41) is 5.91. The van der Waals surface area contributed by atoms with Crippen molar-refractivity contribution in [3.63, 3.8) is 0 Å². The van der Waals surface area contributed by atoms with Crippen LogP contribution in [0.15, 0.2) is 183 Å². The Bertz CT molecular complexity index is 3530. The standard InChI is InChI=1S/C50H28N4O3/c1-3-11-29(12-4-1)32-15-9-16-33(27-32)47-52-48(54-49(53-47)37-19-10-18-36-35-17-7-8-20-40(35)56-45(36)37)34-22-21-30-23-25-41-43(38(30)28-34)44-42(55-41)26-24-39-46(44)57-50(51-39)31-13-5-2-6-14-31/h1-28H. The first-order valence-electron chi connectivity index (χ1n) is 18.8. The summed E-state index contributed by atoms with van der Waals surface area (Å²) in [7, 11) is 0. The number of hydrogen-bond donors (Lipinski definition) is 0. The van der Waals surface area contributed by atoms with Gasteiger partial charge in [-0.3, -0.25) is 0 Å². The van der Waals surface area contributed by atoms with E-state index in [9.17, 15) is 0 Å². The smallest absolute Gasteiger partial charge is 0.227 e. The molecule has 0 radical (unpaired) electrons. The Morgan fingerprint density at radius 3 is 1.84 bits per heavy atom. The lowest BCUT2D eigenvalue weighted by Crippen LogP contribution is -2.00. The molecule has 0 aliphatic heterocycles. The third-order valence-electron chi connectivity index (χ3n) is 10.8. The molecule has 4 heterocycles. The topological polar surface area (TPSA) is 91.0 Å². The van der Waals surface area contributed by atoms with Gasteiger partial charge in [-0.05, 0) is 76.5 Å². The quantitative estimate of drug-likeness (QED) is 0.174. The van der Waals surface area contributed by atoms with Crippen LogP contribution in [-0.2, 0) is 0 Å². The summed E-state index contributed by atoms with van der Waals surface area (Å²) in [6.45, 7) is 0. The Labute approximate surface area is 324 Å². The number of hydrogen-bond acceptors (Lipinski definition) is 7. The molecule has 0 saturated carbocycles. The summed E-state index contributed by atoms with van der Waals surface area (Å²) < 4.78 is 19.5. The van der Waals surface area contributed by atoms with E-state index in [-0.39, 0.29) is 0 Å². The minimum absolute atomic E-state index is 0.522. The molecule has 7 heteroatoms. The monoisotopic (exact) mass is 732 g/mol. The first-order valence-corrected chi connectivity index (χ1v) is 18.8. The molecule has 57 heavy (non-hydrogen) atoms. The molecule has 8 aromatic carbocycles. The van der Waals surface area contributed by atoms with E-state index in [2.05, 4.69) is 60.7 Å². The maximum absolute atomic E-state index is 6.51. The van der Waals surface area contributed by atoms with Crippen molar-refractivity contribution in [1.29, 1.82) is 0 Å². The summed E-state index contributed by atoms with van der Waals surface area (Å²) in [5.74, 6) is 2.18. The summed E-state index contributed by atoms with van der Waals surface area (Å²) in [6.07, 6.45) is 0. The Kier molecular flexibility index (Phi) is 6.79. The van der Waals surface area contributed by atoms with Crippen molar-refractivity contribution in [2.75, 3.05) is 0 Å². The number of benzene rings is 8. The van der Waals surface area contributed by atoms with Gasteiger partial charge in [-0.1, -0.05) is 115 Å². The Morgan fingerprint density at radius 2 is 0.982 bits per heavy atom. The summed E-state index contributed by atoms with van der Waals surface area (Å²) >= 11 is 0. The van der Waals surface area contributed by atoms with E-state index in [0.29, 0.717) is 28.9 Å². The van der Waals surface area contributed by atoms with Crippen LogP contribution in [0.25, 0.3) is 122 Å². The molecule has 0 atom stereocenters. The zero-order chi connectivity index (χ0) is 37.5. The molecular formula is C50H28N4O3. The second kappa shape index (κ2) is 12.3. The van der Waals surface area contributed by atoms with Crippen LogP contribution in [0.5, 0.6) is 0 Å². The van der Waals surface area contributed by atoms with E-state index < -0.39 is 0 Å². The number of furan rings is 2. The van der Waals surface area contributed by atoms with E-state index in [4.69, 9.17) is 33.2 Å². The molecule has 0 bridgehead atoms. The van der Waals surface area contributed by atoms with Gasteiger partial charge in [0.2, 0.25) is 5.89 Å². The highest BCUT2D eigenvalue weighted by atomic mass is 16.4. The highest BCUT2D eigenvalue weighted by Gasteiger charge is 2.21. The highest BCUT2D eigenvalue weighted by molar-refractivity contribution is 6.25. The minimum atomic E-state index is 0.522. The average molecular weight is 733 g/mol. The number of oxazole rings is 1. The van der Waals surface area contributed by atoms with E-state index >= 15 is 0 Å². The molecular weight excluding hydrogens is 705 g/mol. The van der Waals surface area contributed by atoms with Gasteiger partial charge in [0, 0.05) is 32.8 Å².